The second-order valence-corrected chi connectivity index (χ2v) is 11.4. The molecule has 0 saturated heterocycles. The van der Waals surface area contributed by atoms with Gasteiger partial charge in [-0.1, -0.05) is 71.8 Å². The van der Waals surface area contributed by atoms with Gasteiger partial charge in [0.05, 0.1) is 0 Å². The molecular formula is C27H46O2. The van der Waals surface area contributed by atoms with Gasteiger partial charge in [-0.25, -0.2) is 0 Å². The number of carbonyl (C=O) groups excluding carboxylic acids is 2. The highest BCUT2D eigenvalue weighted by Crippen LogP contribution is 2.39. The molecule has 0 aliphatic heterocycles. The average Bonchev–Trinajstić information content (AvgIpc) is 2.66. The molecule has 166 valence electrons. The van der Waals surface area contributed by atoms with Crippen molar-refractivity contribution >= 4 is 12.6 Å². The zero-order valence-electron chi connectivity index (χ0n) is 20.2. The van der Waals surface area contributed by atoms with E-state index in [2.05, 4.69) is 53.7 Å². The van der Waals surface area contributed by atoms with Gasteiger partial charge < -0.3 is 9.59 Å². The lowest BCUT2D eigenvalue weighted by Gasteiger charge is -2.33. The number of hydrogen-bond acceptors (Lipinski definition) is 2. The fourth-order valence-corrected chi connectivity index (χ4v) is 4.47. The van der Waals surface area contributed by atoms with Crippen LogP contribution in [-0.2, 0) is 9.59 Å². The van der Waals surface area contributed by atoms with E-state index in [1.165, 1.54) is 49.7 Å². The van der Waals surface area contributed by atoms with Crippen LogP contribution in [0.15, 0.2) is 23.3 Å². The molecule has 2 rings (SSSR count). The van der Waals surface area contributed by atoms with Gasteiger partial charge in [-0.15, -0.1) is 0 Å². The molecule has 2 aliphatic rings. The van der Waals surface area contributed by atoms with E-state index in [9.17, 15) is 9.59 Å². The number of carbonyl (C=O) groups is 2. The van der Waals surface area contributed by atoms with E-state index in [0.29, 0.717) is 17.3 Å². The summed E-state index contributed by atoms with van der Waals surface area (Å²) in [4.78, 5) is 20.8. The molecule has 0 aromatic carbocycles. The summed E-state index contributed by atoms with van der Waals surface area (Å²) in [7, 11) is 0. The highest BCUT2D eigenvalue weighted by Gasteiger charge is 2.27. The minimum Gasteiger partial charge on any atom is -0.303 e. The second kappa shape index (κ2) is 11.9. The first-order valence-electron chi connectivity index (χ1n) is 11.7. The fourth-order valence-electron chi connectivity index (χ4n) is 4.47. The van der Waals surface area contributed by atoms with Crippen molar-refractivity contribution in [1.82, 2.24) is 0 Å². The van der Waals surface area contributed by atoms with Crippen LogP contribution in [0, 0.1) is 28.6 Å². The lowest BCUT2D eigenvalue weighted by atomic mass is 9.72. The van der Waals surface area contributed by atoms with Gasteiger partial charge in [-0.05, 0) is 74.0 Å². The Balaban J connectivity index is 0.000000291. The largest absolute Gasteiger partial charge is 0.303 e. The molecule has 3 atom stereocenters. The van der Waals surface area contributed by atoms with Crippen LogP contribution < -0.4 is 0 Å². The second-order valence-electron chi connectivity index (χ2n) is 11.4. The summed E-state index contributed by atoms with van der Waals surface area (Å²) in [5, 5.41) is 0. The maximum atomic E-state index is 10.6. The molecule has 2 nitrogen and oxygen atoms in total. The average molecular weight is 403 g/mol. The Morgan fingerprint density at radius 2 is 1.38 bits per heavy atom. The molecule has 0 radical (unpaired) electrons. The smallest absolute Gasteiger partial charge is 0.123 e. The molecule has 0 spiro atoms. The van der Waals surface area contributed by atoms with E-state index in [1.807, 2.05) is 6.92 Å². The maximum Gasteiger partial charge on any atom is 0.123 e. The van der Waals surface area contributed by atoms with Gasteiger partial charge in [0.1, 0.15) is 12.6 Å². The Labute approximate surface area is 180 Å². The van der Waals surface area contributed by atoms with Crippen molar-refractivity contribution in [1.29, 1.82) is 0 Å². The molecule has 0 N–H and O–H groups in total. The first kappa shape index (κ1) is 25.9. The molecular weight excluding hydrogens is 356 g/mol. The molecule has 0 bridgehead atoms. The lowest BCUT2D eigenvalue weighted by molar-refractivity contribution is -0.110. The van der Waals surface area contributed by atoms with Crippen LogP contribution >= 0.6 is 0 Å². The minimum atomic E-state index is 0.197. The summed E-state index contributed by atoms with van der Waals surface area (Å²) in [6.07, 6.45) is 16.9. The van der Waals surface area contributed by atoms with Gasteiger partial charge in [-0.3, -0.25) is 0 Å². The number of aldehydes is 2. The van der Waals surface area contributed by atoms with Crippen molar-refractivity contribution in [2.24, 2.45) is 28.6 Å². The third-order valence-electron chi connectivity index (χ3n) is 6.86. The highest BCUT2D eigenvalue weighted by molar-refractivity contribution is 5.53. The molecule has 3 unspecified atom stereocenters. The standard InChI is InChI=1S/C14H24O.C13H22O/c1-11(10-15)9-12-5-7-13(8-6-12)14(2,3)4;1-13(2,3)12-8-6-11(7-9-12)5-4-10-14/h5,10-11,13H,6-9H2,1-4H3;6,10,12H,4-5,7-9H2,1-3H3. The van der Waals surface area contributed by atoms with E-state index < -0.39 is 0 Å². The van der Waals surface area contributed by atoms with Crippen LogP contribution in [-0.4, -0.2) is 12.6 Å². The van der Waals surface area contributed by atoms with Crippen LogP contribution in [0.1, 0.15) is 106 Å². The summed E-state index contributed by atoms with van der Waals surface area (Å²) in [6, 6.07) is 0. The summed E-state index contributed by atoms with van der Waals surface area (Å²) in [5.74, 6) is 1.83. The van der Waals surface area contributed by atoms with Crippen LogP contribution in [0.4, 0.5) is 0 Å². The van der Waals surface area contributed by atoms with Crippen molar-refractivity contribution in [3.05, 3.63) is 23.3 Å². The molecule has 2 heteroatoms. The number of rotatable bonds is 6. The van der Waals surface area contributed by atoms with E-state index in [0.717, 1.165) is 37.2 Å². The third-order valence-corrected chi connectivity index (χ3v) is 6.86. The Morgan fingerprint density at radius 1 is 0.897 bits per heavy atom. The van der Waals surface area contributed by atoms with Crippen LogP contribution in [0.5, 0.6) is 0 Å². The highest BCUT2D eigenvalue weighted by atomic mass is 16.1. The van der Waals surface area contributed by atoms with E-state index >= 15 is 0 Å². The molecule has 0 amide bonds. The SMILES string of the molecule is CC(C)(C)C1CC=C(CCC=O)CC1.CC(C=O)CC1=CCC(C(C)(C)C)CC1. The molecule has 0 saturated carbocycles. The quantitative estimate of drug-likeness (QED) is 0.336. The summed E-state index contributed by atoms with van der Waals surface area (Å²) in [6.45, 7) is 15.9. The van der Waals surface area contributed by atoms with Gasteiger partial charge in [0.2, 0.25) is 0 Å². The van der Waals surface area contributed by atoms with E-state index in [4.69, 9.17) is 0 Å². The van der Waals surface area contributed by atoms with Crippen molar-refractivity contribution < 1.29 is 9.59 Å². The monoisotopic (exact) mass is 402 g/mol. The molecule has 0 fully saturated rings. The maximum absolute atomic E-state index is 10.6. The zero-order chi connectivity index (χ0) is 22.1. The molecule has 29 heavy (non-hydrogen) atoms. The Bertz CT molecular complexity index is 568. The topological polar surface area (TPSA) is 34.1 Å². The predicted octanol–water partition coefficient (Wildman–Crippen LogP) is 7.72. The fraction of sp³-hybridized carbons (Fsp3) is 0.778. The van der Waals surface area contributed by atoms with Gasteiger partial charge in [0.25, 0.3) is 0 Å². The van der Waals surface area contributed by atoms with Crippen LogP contribution in [0.3, 0.4) is 0 Å². The Hall–Kier alpha value is -1.18. The van der Waals surface area contributed by atoms with Gasteiger partial charge in [0, 0.05) is 12.3 Å². The molecule has 2 aliphatic carbocycles. The molecule has 0 aromatic rings. The summed E-state index contributed by atoms with van der Waals surface area (Å²) < 4.78 is 0. The first-order valence-corrected chi connectivity index (χ1v) is 11.7. The number of allylic oxidation sites excluding steroid dienone is 4. The predicted molar refractivity (Wildman–Crippen MR) is 125 cm³/mol. The van der Waals surface area contributed by atoms with Gasteiger partial charge in [-0.2, -0.15) is 0 Å². The van der Waals surface area contributed by atoms with Crippen LogP contribution in [0.2, 0.25) is 0 Å². The van der Waals surface area contributed by atoms with Crippen molar-refractivity contribution in [2.75, 3.05) is 0 Å². The lowest BCUT2D eigenvalue weighted by Crippen LogP contribution is -2.22. The summed E-state index contributed by atoms with van der Waals surface area (Å²) >= 11 is 0. The minimum absolute atomic E-state index is 0.197. The normalized spacial score (nSPS) is 23.8. The first-order chi connectivity index (χ1) is 13.5. The molecule has 0 aromatic heterocycles. The van der Waals surface area contributed by atoms with E-state index in [-0.39, 0.29) is 5.92 Å². The summed E-state index contributed by atoms with van der Waals surface area (Å²) in [5.41, 5.74) is 3.86. The number of hydrogen-bond donors (Lipinski definition) is 0. The van der Waals surface area contributed by atoms with Crippen molar-refractivity contribution in [2.45, 2.75) is 106 Å². The van der Waals surface area contributed by atoms with E-state index in [1.54, 1.807) is 0 Å². The van der Waals surface area contributed by atoms with Crippen LogP contribution in [0.25, 0.3) is 0 Å². The molecule has 0 heterocycles. The van der Waals surface area contributed by atoms with Crippen molar-refractivity contribution in [3.8, 4) is 0 Å². The zero-order valence-corrected chi connectivity index (χ0v) is 20.2. The van der Waals surface area contributed by atoms with Crippen molar-refractivity contribution in [3.63, 3.8) is 0 Å². The van der Waals surface area contributed by atoms with Gasteiger partial charge in [0.15, 0.2) is 0 Å². The Morgan fingerprint density at radius 3 is 1.72 bits per heavy atom. The van der Waals surface area contributed by atoms with Gasteiger partial charge >= 0.3 is 0 Å². The third kappa shape index (κ3) is 9.92. The Kier molecular flexibility index (Phi) is 10.6.